The molecule has 0 saturated carbocycles. The second-order valence-corrected chi connectivity index (χ2v) is 3.72. The van der Waals surface area contributed by atoms with E-state index in [1.54, 1.807) is 0 Å². The molecule has 0 aliphatic carbocycles. The fourth-order valence-corrected chi connectivity index (χ4v) is 1.62. The van der Waals surface area contributed by atoms with Gasteiger partial charge in [-0.25, -0.2) is 0 Å². The highest BCUT2D eigenvalue weighted by molar-refractivity contribution is 5.80. The number of hydrogen-bond donors (Lipinski definition) is 2. The molecule has 0 aromatic heterocycles. The summed E-state index contributed by atoms with van der Waals surface area (Å²) < 4.78 is 0. The van der Waals surface area contributed by atoms with Gasteiger partial charge in [-0.05, 0) is 14.1 Å². The van der Waals surface area contributed by atoms with Crippen LogP contribution in [0.3, 0.4) is 0 Å². The van der Waals surface area contributed by atoms with Crippen molar-refractivity contribution in [2.75, 3.05) is 33.7 Å². The average Bonchev–Trinajstić information content (AvgIpc) is 2.11. The minimum atomic E-state index is 0.450. The predicted octanol–water partition coefficient (Wildman–Crippen LogP) is -1.15. The Hall–Kier alpha value is -0.810. The van der Waals surface area contributed by atoms with Crippen molar-refractivity contribution in [1.82, 2.24) is 9.80 Å². The highest BCUT2D eigenvalue weighted by Crippen LogP contribution is 2.08. The van der Waals surface area contributed by atoms with E-state index >= 15 is 0 Å². The molecule has 0 bridgehead atoms. The Morgan fingerprint density at radius 3 is 2.77 bits per heavy atom. The molecule has 0 amide bonds. The fraction of sp³-hybridized carbons (Fsp3) is 0.875. The van der Waals surface area contributed by atoms with Gasteiger partial charge in [0.2, 0.25) is 0 Å². The van der Waals surface area contributed by atoms with Crippen LogP contribution < -0.4 is 11.6 Å². The smallest absolute Gasteiger partial charge is 0.120 e. The maximum atomic E-state index is 5.59. The molecule has 1 fully saturated rings. The van der Waals surface area contributed by atoms with E-state index in [0.29, 0.717) is 11.9 Å². The first-order valence-corrected chi connectivity index (χ1v) is 4.54. The molecule has 13 heavy (non-hydrogen) atoms. The number of nitrogens with zero attached hydrogens (tertiary/aromatic N) is 3. The van der Waals surface area contributed by atoms with Crippen molar-refractivity contribution in [3.63, 3.8) is 0 Å². The Labute approximate surface area is 79.4 Å². The van der Waals surface area contributed by atoms with Crippen molar-refractivity contribution in [3.05, 3.63) is 0 Å². The maximum absolute atomic E-state index is 5.59. The van der Waals surface area contributed by atoms with Crippen LogP contribution in [0.4, 0.5) is 0 Å². The van der Waals surface area contributed by atoms with Gasteiger partial charge in [-0.2, -0.15) is 5.10 Å². The summed E-state index contributed by atoms with van der Waals surface area (Å²) >= 11 is 0. The molecule has 5 nitrogen and oxygen atoms in total. The van der Waals surface area contributed by atoms with E-state index in [1.165, 1.54) is 0 Å². The van der Waals surface area contributed by atoms with Gasteiger partial charge in [0.05, 0.1) is 0 Å². The topological polar surface area (TPSA) is 70.9 Å². The number of likely N-dealkylation sites (N-methyl/N-ethyl adjacent to an activating group) is 2. The van der Waals surface area contributed by atoms with E-state index < -0.39 is 0 Å². The number of nitrogens with two attached hydrogens (primary N) is 2. The summed E-state index contributed by atoms with van der Waals surface area (Å²) in [6, 6.07) is 0.450. The van der Waals surface area contributed by atoms with Crippen LogP contribution in [-0.2, 0) is 0 Å². The Morgan fingerprint density at radius 2 is 2.15 bits per heavy atom. The average molecular weight is 185 g/mol. The van der Waals surface area contributed by atoms with Gasteiger partial charge in [0.25, 0.3) is 0 Å². The van der Waals surface area contributed by atoms with Gasteiger partial charge < -0.3 is 21.4 Å². The van der Waals surface area contributed by atoms with E-state index in [-0.39, 0.29) is 0 Å². The first kappa shape index (κ1) is 10.3. The van der Waals surface area contributed by atoms with Crippen LogP contribution in [0.15, 0.2) is 5.10 Å². The number of hydrazone groups is 1. The second-order valence-electron chi connectivity index (χ2n) is 3.72. The van der Waals surface area contributed by atoms with Crippen molar-refractivity contribution in [1.29, 1.82) is 0 Å². The normalized spacial score (nSPS) is 27.8. The van der Waals surface area contributed by atoms with Crippen molar-refractivity contribution < 1.29 is 0 Å². The van der Waals surface area contributed by atoms with Crippen LogP contribution in [-0.4, -0.2) is 55.4 Å². The van der Waals surface area contributed by atoms with E-state index in [4.69, 9.17) is 11.6 Å². The summed E-state index contributed by atoms with van der Waals surface area (Å²) in [4.78, 5) is 4.60. The summed E-state index contributed by atoms with van der Waals surface area (Å²) in [6.45, 7) is 3.23. The molecule has 0 radical (unpaired) electrons. The summed E-state index contributed by atoms with van der Waals surface area (Å²) in [7, 11) is 4.23. The van der Waals surface area contributed by atoms with Gasteiger partial charge >= 0.3 is 0 Å². The fourth-order valence-electron chi connectivity index (χ4n) is 1.62. The number of piperazine rings is 1. The third kappa shape index (κ3) is 2.86. The molecule has 1 saturated heterocycles. The zero-order valence-electron chi connectivity index (χ0n) is 8.40. The minimum Gasteiger partial charge on any atom is -0.386 e. The van der Waals surface area contributed by atoms with E-state index in [2.05, 4.69) is 29.0 Å². The lowest BCUT2D eigenvalue weighted by molar-refractivity contribution is 0.118. The quantitative estimate of drug-likeness (QED) is 0.247. The molecule has 1 rings (SSSR count). The van der Waals surface area contributed by atoms with Gasteiger partial charge in [0.1, 0.15) is 5.84 Å². The van der Waals surface area contributed by atoms with Crippen molar-refractivity contribution in [3.8, 4) is 0 Å². The van der Waals surface area contributed by atoms with E-state index in [9.17, 15) is 0 Å². The summed E-state index contributed by atoms with van der Waals surface area (Å²) in [5, 5.41) is 3.49. The number of amidine groups is 1. The lowest BCUT2D eigenvalue weighted by Crippen LogP contribution is -2.51. The highest BCUT2D eigenvalue weighted by Gasteiger charge is 2.22. The zero-order chi connectivity index (χ0) is 9.84. The van der Waals surface area contributed by atoms with Crippen LogP contribution in [0.1, 0.15) is 6.42 Å². The Bertz CT molecular complexity index is 191. The first-order valence-electron chi connectivity index (χ1n) is 4.54. The Morgan fingerprint density at radius 1 is 1.46 bits per heavy atom. The molecule has 4 N–H and O–H groups in total. The SMILES string of the molecule is CN1CCN(C)C(C/C(N)=N/N)C1. The van der Waals surface area contributed by atoms with Crippen LogP contribution in [0.25, 0.3) is 0 Å². The number of rotatable bonds is 2. The maximum Gasteiger partial charge on any atom is 0.120 e. The molecule has 1 aliphatic heterocycles. The van der Waals surface area contributed by atoms with Crippen LogP contribution >= 0.6 is 0 Å². The standard InChI is InChI=1S/C8H19N5/c1-12-3-4-13(2)7(6-12)5-8(9)11-10/h7H,3-6,10H2,1-2H3,(H2,9,11). The highest BCUT2D eigenvalue weighted by atomic mass is 15.3. The summed E-state index contributed by atoms with van der Waals surface area (Å²) in [6.07, 6.45) is 0.761. The van der Waals surface area contributed by atoms with Gasteiger partial charge in [-0.3, -0.25) is 0 Å². The van der Waals surface area contributed by atoms with E-state index in [0.717, 1.165) is 26.1 Å². The molecular weight excluding hydrogens is 166 g/mol. The molecule has 1 heterocycles. The number of hydrogen-bond acceptors (Lipinski definition) is 4. The van der Waals surface area contributed by atoms with Crippen molar-refractivity contribution >= 4 is 5.84 Å². The minimum absolute atomic E-state index is 0.450. The molecule has 76 valence electrons. The Balaban J connectivity index is 2.46. The first-order chi connectivity index (χ1) is 6.13. The van der Waals surface area contributed by atoms with Crippen LogP contribution in [0, 0.1) is 0 Å². The largest absolute Gasteiger partial charge is 0.386 e. The second kappa shape index (κ2) is 4.43. The van der Waals surface area contributed by atoms with Crippen LogP contribution in [0.2, 0.25) is 0 Å². The Kier molecular flexibility index (Phi) is 3.50. The van der Waals surface area contributed by atoms with Gasteiger partial charge in [0, 0.05) is 32.1 Å². The molecule has 1 unspecified atom stereocenters. The van der Waals surface area contributed by atoms with Gasteiger partial charge in [-0.1, -0.05) is 0 Å². The van der Waals surface area contributed by atoms with Crippen molar-refractivity contribution in [2.45, 2.75) is 12.5 Å². The molecule has 0 aromatic carbocycles. The molecule has 0 spiro atoms. The zero-order valence-corrected chi connectivity index (χ0v) is 8.40. The van der Waals surface area contributed by atoms with Crippen molar-refractivity contribution in [2.24, 2.45) is 16.7 Å². The van der Waals surface area contributed by atoms with Gasteiger partial charge in [0.15, 0.2) is 0 Å². The van der Waals surface area contributed by atoms with Crippen LogP contribution in [0.5, 0.6) is 0 Å². The molecule has 0 aromatic rings. The van der Waals surface area contributed by atoms with Gasteiger partial charge in [-0.15, -0.1) is 0 Å². The lowest BCUT2D eigenvalue weighted by Gasteiger charge is -2.37. The molecule has 5 heteroatoms. The molecule has 1 aliphatic rings. The monoisotopic (exact) mass is 185 g/mol. The third-order valence-electron chi connectivity index (χ3n) is 2.59. The lowest BCUT2D eigenvalue weighted by atomic mass is 10.1. The summed E-state index contributed by atoms with van der Waals surface area (Å²) in [5.41, 5.74) is 5.59. The molecule has 1 atom stereocenters. The third-order valence-corrected chi connectivity index (χ3v) is 2.59. The van der Waals surface area contributed by atoms with E-state index in [1.807, 2.05) is 0 Å². The summed E-state index contributed by atoms with van der Waals surface area (Å²) in [5.74, 6) is 5.63. The molecular formula is C8H19N5. The predicted molar refractivity (Wildman–Crippen MR) is 54.3 cm³/mol.